The van der Waals surface area contributed by atoms with Crippen LogP contribution >= 0.6 is 0 Å². The summed E-state index contributed by atoms with van der Waals surface area (Å²) in [6.07, 6.45) is 1.29. The Labute approximate surface area is 232 Å². The lowest BCUT2D eigenvalue weighted by Crippen LogP contribution is -2.51. The van der Waals surface area contributed by atoms with Crippen molar-refractivity contribution in [1.82, 2.24) is 31.3 Å². The van der Waals surface area contributed by atoms with E-state index in [2.05, 4.69) is 31.3 Å². The number of hydrogen-bond acceptors (Lipinski definition) is 8. The number of benzene rings is 2. The molecule has 0 aliphatic carbocycles. The van der Waals surface area contributed by atoms with Crippen molar-refractivity contribution in [3.8, 4) is 0 Å². The van der Waals surface area contributed by atoms with E-state index in [1.807, 2.05) is 44.2 Å². The number of fused-ring (bicyclic) bond motifs is 1. The first kappa shape index (κ1) is 28.4. The van der Waals surface area contributed by atoms with Crippen LogP contribution in [0.2, 0.25) is 0 Å². The highest BCUT2D eigenvalue weighted by Crippen LogP contribution is 2.34. The molecule has 40 heavy (non-hydrogen) atoms. The third-order valence-electron chi connectivity index (χ3n) is 7.24. The Bertz CT molecular complexity index is 1350. The number of tetrazole rings is 1. The molecule has 0 fully saturated rings. The van der Waals surface area contributed by atoms with Crippen LogP contribution in [0.25, 0.3) is 0 Å². The number of anilines is 2. The monoisotopic (exact) mass is 546 g/mol. The molecule has 210 valence electrons. The van der Waals surface area contributed by atoms with Crippen LogP contribution in [-0.4, -0.2) is 56.7 Å². The van der Waals surface area contributed by atoms with Gasteiger partial charge in [0.05, 0.1) is 13.1 Å². The van der Waals surface area contributed by atoms with Gasteiger partial charge in [-0.3, -0.25) is 24.1 Å². The number of Topliss-reactive ketones (excluding diaryl/α,β-unsaturated/α-hetero) is 1. The van der Waals surface area contributed by atoms with E-state index < -0.39 is 23.8 Å². The lowest BCUT2D eigenvalue weighted by molar-refractivity contribution is -0.132. The van der Waals surface area contributed by atoms with E-state index in [1.165, 1.54) is 4.90 Å². The molecule has 12 heteroatoms. The minimum Gasteiger partial charge on any atom is -0.399 e. The van der Waals surface area contributed by atoms with Crippen LogP contribution in [0.3, 0.4) is 0 Å². The van der Waals surface area contributed by atoms with Gasteiger partial charge in [0.15, 0.2) is 5.82 Å². The first-order chi connectivity index (χ1) is 19.3. The number of carbonyl (C=O) groups excluding carboxylic acids is 4. The minimum atomic E-state index is -0.842. The number of nitrogen functional groups attached to an aromatic ring is 1. The molecule has 0 bridgehead atoms. The fourth-order valence-electron chi connectivity index (χ4n) is 4.89. The molecule has 1 aromatic heterocycles. The molecule has 0 saturated heterocycles. The molecule has 0 spiro atoms. The molecule has 5 N–H and O–H groups in total. The third-order valence-corrected chi connectivity index (χ3v) is 7.24. The largest absolute Gasteiger partial charge is 0.399 e. The average Bonchev–Trinajstić information content (AvgIpc) is 3.61. The molecule has 1 aliphatic heterocycles. The molecule has 1 aliphatic rings. The lowest BCUT2D eigenvalue weighted by Gasteiger charge is -2.26. The number of nitrogens with two attached hydrogens (primary N) is 1. The average molecular weight is 547 g/mol. The maximum atomic E-state index is 13.5. The van der Waals surface area contributed by atoms with Gasteiger partial charge in [-0.2, -0.15) is 5.21 Å². The van der Waals surface area contributed by atoms with Crippen molar-refractivity contribution in [2.24, 2.45) is 11.8 Å². The van der Waals surface area contributed by atoms with Gasteiger partial charge in [-0.1, -0.05) is 55.8 Å². The Morgan fingerprint density at radius 1 is 1.12 bits per heavy atom. The van der Waals surface area contributed by atoms with Crippen LogP contribution in [-0.2, 0) is 38.6 Å². The first-order valence-electron chi connectivity index (χ1n) is 13.3. The number of rotatable bonds is 12. The standard InChI is InChI=1S/C28H34N8O4/c1-3-17(2)22(14-21(37)11-18-7-5-4-6-8-18)27(39)31-16-26(38)36-23-10-9-20(29)12-19(23)13-24(36)28(40)30-15-25-32-34-35-33-25/h4-10,12,17,22,24H,3,11,13-16,29H2,1-2H3,(H,30,40)(H,31,39)(H,32,33,34,35)/t17-,22-,24-/m0/s1. The SMILES string of the molecule is CC[C@H](C)[C@H](CC(=O)Cc1ccccc1)C(=O)NCC(=O)N1c2ccc(N)cc2C[C@H]1C(=O)NCc1nn[nH]n1. The summed E-state index contributed by atoms with van der Waals surface area (Å²) < 4.78 is 0. The number of nitrogens with one attached hydrogen (secondary N) is 3. The van der Waals surface area contributed by atoms with Gasteiger partial charge in [-0.25, -0.2) is 0 Å². The summed E-state index contributed by atoms with van der Waals surface area (Å²) in [5.41, 5.74) is 8.66. The predicted octanol–water partition coefficient (Wildman–Crippen LogP) is 1.34. The maximum absolute atomic E-state index is 13.5. The number of nitrogens with zero attached hydrogens (tertiary/aromatic N) is 4. The molecule has 2 heterocycles. The Morgan fingerprint density at radius 2 is 1.90 bits per heavy atom. The fraction of sp³-hybridized carbons (Fsp3) is 0.393. The van der Waals surface area contributed by atoms with Crippen molar-refractivity contribution in [2.75, 3.05) is 17.2 Å². The van der Waals surface area contributed by atoms with Gasteiger partial charge in [0.25, 0.3) is 0 Å². The number of hydrogen-bond donors (Lipinski definition) is 4. The minimum absolute atomic E-state index is 0.0384. The van der Waals surface area contributed by atoms with Crippen LogP contribution in [0, 0.1) is 11.8 Å². The summed E-state index contributed by atoms with van der Waals surface area (Å²) >= 11 is 0. The number of carbonyl (C=O) groups is 4. The second-order valence-corrected chi connectivity index (χ2v) is 10.0. The number of ketones is 1. The topological polar surface area (TPSA) is 176 Å². The molecule has 3 aromatic rings. The van der Waals surface area contributed by atoms with E-state index in [9.17, 15) is 19.2 Å². The van der Waals surface area contributed by atoms with Crippen LogP contribution in [0.4, 0.5) is 11.4 Å². The van der Waals surface area contributed by atoms with Gasteiger partial charge in [-0.05, 0) is 35.2 Å². The summed E-state index contributed by atoms with van der Waals surface area (Å²) in [4.78, 5) is 54.0. The molecule has 3 amide bonds. The quantitative estimate of drug-likeness (QED) is 0.246. The normalized spacial score (nSPS) is 15.7. The summed E-state index contributed by atoms with van der Waals surface area (Å²) in [5, 5.41) is 18.9. The number of H-pyrrole nitrogens is 1. The summed E-state index contributed by atoms with van der Waals surface area (Å²) in [6.45, 7) is 3.60. The van der Waals surface area contributed by atoms with Gasteiger partial charge in [0.1, 0.15) is 11.8 Å². The zero-order chi connectivity index (χ0) is 28.6. The second kappa shape index (κ2) is 13.0. The summed E-state index contributed by atoms with van der Waals surface area (Å²) in [5.74, 6) is -1.58. The highest BCUT2D eigenvalue weighted by molar-refractivity contribution is 6.05. The number of aromatic nitrogens is 4. The van der Waals surface area contributed by atoms with E-state index in [0.29, 0.717) is 23.6 Å². The highest BCUT2D eigenvalue weighted by atomic mass is 16.2. The Hall–Kier alpha value is -4.61. The molecule has 0 radical (unpaired) electrons. The van der Waals surface area contributed by atoms with Crippen molar-refractivity contribution in [3.63, 3.8) is 0 Å². The van der Waals surface area contributed by atoms with Crippen LogP contribution in [0.15, 0.2) is 48.5 Å². The number of amides is 3. The van der Waals surface area contributed by atoms with E-state index in [-0.39, 0.29) is 50.0 Å². The van der Waals surface area contributed by atoms with Gasteiger partial charge >= 0.3 is 0 Å². The Morgan fingerprint density at radius 3 is 2.60 bits per heavy atom. The van der Waals surface area contributed by atoms with Crippen molar-refractivity contribution < 1.29 is 19.2 Å². The first-order valence-corrected chi connectivity index (χ1v) is 13.3. The second-order valence-electron chi connectivity index (χ2n) is 10.0. The predicted molar refractivity (Wildman–Crippen MR) is 148 cm³/mol. The van der Waals surface area contributed by atoms with Crippen LogP contribution in [0.5, 0.6) is 0 Å². The molecule has 4 rings (SSSR count). The van der Waals surface area contributed by atoms with Crippen molar-refractivity contribution in [1.29, 1.82) is 0 Å². The van der Waals surface area contributed by atoms with Gasteiger partial charge in [0, 0.05) is 36.6 Å². The molecule has 0 unspecified atom stereocenters. The van der Waals surface area contributed by atoms with Crippen molar-refractivity contribution in [2.45, 2.75) is 52.1 Å². The van der Waals surface area contributed by atoms with Crippen molar-refractivity contribution >= 4 is 34.9 Å². The summed E-state index contributed by atoms with van der Waals surface area (Å²) in [6, 6.07) is 13.6. The van der Waals surface area contributed by atoms with E-state index in [1.54, 1.807) is 18.2 Å². The fourth-order valence-corrected chi connectivity index (χ4v) is 4.89. The van der Waals surface area contributed by atoms with Gasteiger partial charge in [-0.15, -0.1) is 10.2 Å². The van der Waals surface area contributed by atoms with Crippen molar-refractivity contribution in [3.05, 3.63) is 65.5 Å². The maximum Gasteiger partial charge on any atom is 0.247 e. The molecule has 12 nitrogen and oxygen atoms in total. The zero-order valence-electron chi connectivity index (χ0n) is 22.6. The lowest BCUT2D eigenvalue weighted by atomic mass is 9.85. The van der Waals surface area contributed by atoms with Gasteiger partial charge < -0.3 is 16.4 Å². The highest BCUT2D eigenvalue weighted by Gasteiger charge is 2.39. The Balaban J connectivity index is 1.43. The molecular weight excluding hydrogens is 512 g/mol. The summed E-state index contributed by atoms with van der Waals surface area (Å²) in [7, 11) is 0. The Kier molecular flexibility index (Phi) is 9.20. The smallest absolute Gasteiger partial charge is 0.247 e. The molecular formula is C28H34N8O4. The van der Waals surface area contributed by atoms with Gasteiger partial charge in [0.2, 0.25) is 17.7 Å². The number of aromatic amines is 1. The molecule has 2 aromatic carbocycles. The molecule has 0 saturated carbocycles. The van der Waals surface area contributed by atoms with Crippen LogP contribution in [0.1, 0.15) is 43.6 Å². The third kappa shape index (κ3) is 6.87. The molecule has 3 atom stereocenters. The zero-order valence-corrected chi connectivity index (χ0v) is 22.6. The van der Waals surface area contributed by atoms with E-state index in [0.717, 1.165) is 11.1 Å². The van der Waals surface area contributed by atoms with E-state index in [4.69, 9.17) is 5.73 Å². The van der Waals surface area contributed by atoms with E-state index >= 15 is 0 Å². The van der Waals surface area contributed by atoms with Crippen LogP contribution < -0.4 is 21.3 Å².